The zero-order valence-corrected chi connectivity index (χ0v) is 26.3. The molecule has 0 saturated carbocycles. The number of sulfonamides is 1. The monoisotopic (exact) mass is 631 g/mol. The Bertz CT molecular complexity index is 1510. The highest BCUT2D eigenvalue weighted by molar-refractivity contribution is 7.92. The van der Waals surface area contributed by atoms with Crippen LogP contribution in [0.2, 0.25) is 10.0 Å². The maximum atomic E-state index is 14.2. The molecule has 3 rings (SSSR count). The Hall–Kier alpha value is -3.40. The number of benzene rings is 3. The van der Waals surface area contributed by atoms with Gasteiger partial charge < -0.3 is 10.2 Å². The van der Waals surface area contributed by atoms with Crippen molar-refractivity contribution in [2.24, 2.45) is 5.92 Å². The van der Waals surface area contributed by atoms with Crippen LogP contribution in [0.15, 0.2) is 72.8 Å². The Morgan fingerprint density at radius 1 is 0.905 bits per heavy atom. The number of halogens is 2. The number of anilines is 1. The van der Waals surface area contributed by atoms with Gasteiger partial charge in [0, 0.05) is 40.7 Å². The van der Waals surface area contributed by atoms with Crippen LogP contribution in [0.25, 0.3) is 0 Å². The highest BCUT2D eigenvalue weighted by Crippen LogP contribution is 2.28. The van der Waals surface area contributed by atoms with Gasteiger partial charge in [-0.25, -0.2) is 8.42 Å². The molecule has 0 spiro atoms. The number of Topliss-reactive ketones (excluding diaryl/α,β-unsaturated/α-hetero) is 1. The fourth-order valence-corrected chi connectivity index (χ4v) is 5.68. The molecule has 0 unspecified atom stereocenters. The second-order valence-corrected chi connectivity index (χ2v) is 13.2. The van der Waals surface area contributed by atoms with Gasteiger partial charge in [-0.1, -0.05) is 85.6 Å². The van der Waals surface area contributed by atoms with Crippen LogP contribution < -0.4 is 9.62 Å². The average molecular weight is 633 g/mol. The molecule has 224 valence electrons. The summed E-state index contributed by atoms with van der Waals surface area (Å²) < 4.78 is 26.8. The van der Waals surface area contributed by atoms with Crippen LogP contribution >= 0.6 is 23.2 Å². The van der Waals surface area contributed by atoms with Crippen LogP contribution in [0, 0.1) is 5.92 Å². The van der Waals surface area contributed by atoms with Crippen molar-refractivity contribution in [2.75, 3.05) is 23.7 Å². The molecule has 3 aromatic rings. The van der Waals surface area contributed by atoms with E-state index in [0.29, 0.717) is 27.7 Å². The number of carbonyl (C=O) groups is 3. The van der Waals surface area contributed by atoms with Gasteiger partial charge in [0.05, 0.1) is 11.9 Å². The maximum Gasteiger partial charge on any atom is 0.244 e. The Morgan fingerprint density at radius 2 is 1.52 bits per heavy atom. The van der Waals surface area contributed by atoms with Gasteiger partial charge in [0.1, 0.15) is 12.6 Å². The predicted octanol–water partition coefficient (Wildman–Crippen LogP) is 5.37. The van der Waals surface area contributed by atoms with Gasteiger partial charge in [0.25, 0.3) is 0 Å². The van der Waals surface area contributed by atoms with Gasteiger partial charge in [0.15, 0.2) is 5.78 Å². The summed E-state index contributed by atoms with van der Waals surface area (Å²) in [5.74, 6) is -1.14. The van der Waals surface area contributed by atoms with Crippen LogP contribution in [0.4, 0.5) is 5.69 Å². The lowest BCUT2D eigenvalue weighted by Crippen LogP contribution is -2.53. The summed E-state index contributed by atoms with van der Waals surface area (Å²) in [6.45, 7) is 4.90. The van der Waals surface area contributed by atoms with E-state index in [0.717, 1.165) is 16.1 Å². The van der Waals surface area contributed by atoms with Crippen LogP contribution in [0.1, 0.15) is 42.3 Å². The topological polar surface area (TPSA) is 104 Å². The number of nitrogens with one attached hydrogen (secondary N) is 1. The Morgan fingerprint density at radius 3 is 2.10 bits per heavy atom. The van der Waals surface area contributed by atoms with Crippen molar-refractivity contribution in [1.82, 2.24) is 10.2 Å². The molecule has 0 bridgehead atoms. The molecule has 0 aliphatic heterocycles. The van der Waals surface area contributed by atoms with Crippen molar-refractivity contribution in [1.29, 1.82) is 0 Å². The molecule has 0 fully saturated rings. The number of rotatable bonds is 13. The highest BCUT2D eigenvalue weighted by atomic mass is 35.5. The molecular formula is C31H35Cl2N3O5S. The second-order valence-electron chi connectivity index (χ2n) is 10.4. The average Bonchev–Trinajstić information content (AvgIpc) is 2.93. The minimum absolute atomic E-state index is 0.144. The lowest BCUT2D eigenvalue weighted by molar-refractivity contribution is -0.140. The van der Waals surface area contributed by atoms with Crippen LogP contribution in [0.5, 0.6) is 0 Å². The van der Waals surface area contributed by atoms with Gasteiger partial charge in [0.2, 0.25) is 21.8 Å². The molecule has 1 N–H and O–H groups in total. The van der Waals surface area contributed by atoms with Gasteiger partial charge in [-0.05, 0) is 42.7 Å². The van der Waals surface area contributed by atoms with Crippen molar-refractivity contribution in [3.8, 4) is 0 Å². The van der Waals surface area contributed by atoms with Crippen molar-refractivity contribution in [2.45, 2.75) is 39.8 Å². The summed E-state index contributed by atoms with van der Waals surface area (Å²) in [6.07, 6.45) is 1.14. The first-order valence-corrected chi connectivity index (χ1v) is 16.0. The van der Waals surface area contributed by atoms with E-state index < -0.39 is 34.4 Å². The Labute approximate surface area is 257 Å². The van der Waals surface area contributed by atoms with E-state index in [-0.39, 0.29) is 30.4 Å². The summed E-state index contributed by atoms with van der Waals surface area (Å²) in [6, 6.07) is 19.2. The normalized spacial score (nSPS) is 12.1. The van der Waals surface area contributed by atoms with E-state index in [1.54, 1.807) is 30.3 Å². The highest BCUT2D eigenvalue weighted by Gasteiger charge is 2.34. The SMILES string of the molecule is CC(=O)c1cccc(N(CC(=O)N(Cc2c(Cl)cccc2Cl)[C@H](Cc2ccccc2)C(=O)NCC(C)C)S(C)(=O)=O)c1. The Balaban J connectivity index is 2.11. The van der Waals surface area contributed by atoms with E-state index in [1.807, 2.05) is 44.2 Å². The molecule has 42 heavy (non-hydrogen) atoms. The molecule has 2 amide bonds. The summed E-state index contributed by atoms with van der Waals surface area (Å²) >= 11 is 13.0. The zero-order chi connectivity index (χ0) is 31.0. The third-order valence-corrected chi connectivity index (χ3v) is 8.41. The molecule has 0 aromatic heterocycles. The van der Waals surface area contributed by atoms with Gasteiger partial charge in [-0.15, -0.1) is 0 Å². The first-order valence-electron chi connectivity index (χ1n) is 13.4. The zero-order valence-electron chi connectivity index (χ0n) is 24.0. The molecule has 0 saturated heterocycles. The number of carbonyl (C=O) groups excluding carboxylic acids is 3. The summed E-state index contributed by atoms with van der Waals surface area (Å²) in [7, 11) is -3.98. The van der Waals surface area contributed by atoms with Gasteiger partial charge in [-0.3, -0.25) is 18.7 Å². The molecule has 0 heterocycles. The minimum atomic E-state index is -3.98. The maximum absolute atomic E-state index is 14.2. The molecule has 0 aliphatic rings. The van der Waals surface area contributed by atoms with E-state index in [9.17, 15) is 22.8 Å². The Kier molecular flexibility index (Phi) is 11.6. The second kappa shape index (κ2) is 14.7. The lowest BCUT2D eigenvalue weighted by atomic mass is 10.0. The van der Waals surface area contributed by atoms with Crippen molar-refractivity contribution in [3.63, 3.8) is 0 Å². The largest absolute Gasteiger partial charge is 0.354 e. The first-order chi connectivity index (χ1) is 19.8. The molecule has 8 nitrogen and oxygen atoms in total. The smallest absolute Gasteiger partial charge is 0.244 e. The molecule has 3 aromatic carbocycles. The number of amides is 2. The number of hydrogen-bond donors (Lipinski definition) is 1. The lowest BCUT2D eigenvalue weighted by Gasteiger charge is -2.34. The summed E-state index contributed by atoms with van der Waals surface area (Å²) in [4.78, 5) is 41.2. The molecule has 1 atom stereocenters. The first kappa shape index (κ1) is 33.1. The van der Waals surface area contributed by atoms with Crippen molar-refractivity contribution in [3.05, 3.63) is 99.5 Å². The summed E-state index contributed by atoms with van der Waals surface area (Å²) in [5, 5.41) is 3.52. The number of nitrogens with zero attached hydrogens (tertiary/aromatic N) is 2. The van der Waals surface area contributed by atoms with Crippen LogP contribution in [-0.4, -0.2) is 56.3 Å². The van der Waals surface area contributed by atoms with Crippen molar-refractivity contribution < 1.29 is 22.8 Å². The van der Waals surface area contributed by atoms with Crippen LogP contribution in [0.3, 0.4) is 0 Å². The third-order valence-electron chi connectivity index (χ3n) is 6.57. The van der Waals surface area contributed by atoms with Crippen molar-refractivity contribution >= 4 is 56.5 Å². The van der Waals surface area contributed by atoms with E-state index in [4.69, 9.17) is 23.2 Å². The molecular weight excluding hydrogens is 597 g/mol. The molecule has 0 aliphatic carbocycles. The van der Waals surface area contributed by atoms with E-state index >= 15 is 0 Å². The fraction of sp³-hybridized carbons (Fsp3) is 0.323. The number of hydrogen-bond acceptors (Lipinski definition) is 5. The van der Waals surface area contributed by atoms with E-state index in [2.05, 4.69) is 5.32 Å². The van der Waals surface area contributed by atoms with Crippen LogP contribution in [-0.2, 0) is 32.6 Å². The molecule has 11 heteroatoms. The minimum Gasteiger partial charge on any atom is -0.354 e. The van der Waals surface area contributed by atoms with Gasteiger partial charge in [-0.2, -0.15) is 0 Å². The fourth-order valence-electron chi connectivity index (χ4n) is 4.32. The standard InChI is InChI=1S/C31H35Cl2N3O5S/c1-21(2)18-34-31(39)29(16-23-10-6-5-7-11-23)35(19-26-27(32)14-9-15-28(26)33)30(38)20-36(42(4,40)41)25-13-8-12-24(17-25)22(3)37/h5-15,17,21,29H,16,18-20H2,1-4H3,(H,34,39)/t29-/m1/s1. The summed E-state index contributed by atoms with van der Waals surface area (Å²) in [5.41, 5.74) is 1.68. The van der Waals surface area contributed by atoms with Gasteiger partial charge >= 0.3 is 0 Å². The predicted molar refractivity (Wildman–Crippen MR) is 167 cm³/mol. The third kappa shape index (κ3) is 9.05. The number of ketones is 1. The quantitative estimate of drug-likeness (QED) is 0.255. The van der Waals surface area contributed by atoms with E-state index in [1.165, 1.54) is 24.0 Å². The molecule has 0 radical (unpaired) electrons.